The lowest BCUT2D eigenvalue weighted by molar-refractivity contribution is -0.258. The number of aryl methyl sites for hydroxylation is 2. The zero-order valence-corrected chi connectivity index (χ0v) is 20.2. The number of nitrogens with one attached hydrogen (secondary N) is 1. The predicted octanol–water partition coefficient (Wildman–Crippen LogP) is 6.61. The maximum Gasteiger partial charge on any atom is 0.412 e. The summed E-state index contributed by atoms with van der Waals surface area (Å²) in [5.41, 5.74) is 1.74. The van der Waals surface area contributed by atoms with Gasteiger partial charge in [0.2, 0.25) is 6.04 Å². The fourth-order valence-electron chi connectivity index (χ4n) is 4.19. The van der Waals surface area contributed by atoms with Crippen LogP contribution in [0.5, 0.6) is 0 Å². The van der Waals surface area contributed by atoms with Crippen LogP contribution in [0.25, 0.3) is 16.8 Å². The summed E-state index contributed by atoms with van der Waals surface area (Å²) >= 11 is 0. The Labute approximate surface area is 210 Å². The van der Waals surface area contributed by atoms with Gasteiger partial charge in [-0.25, -0.2) is 0 Å². The lowest BCUT2D eigenvalue weighted by Crippen LogP contribution is -2.52. The molecule has 0 radical (unpaired) electrons. The molecule has 3 rings (SSSR count). The molecule has 10 heteroatoms. The molecular weight excluding hydrogens is 496 g/mol. The van der Waals surface area contributed by atoms with Gasteiger partial charge in [-0.05, 0) is 43.5 Å². The fraction of sp³-hybridized carbons (Fsp3) is 0.333. The smallest absolute Gasteiger partial charge is 0.294 e. The first-order chi connectivity index (χ1) is 17.4. The monoisotopic (exact) mass is 521 g/mol. The number of alkyl halides is 6. The van der Waals surface area contributed by atoms with Gasteiger partial charge >= 0.3 is 12.4 Å². The second-order valence-corrected chi connectivity index (χ2v) is 8.61. The maximum absolute atomic E-state index is 13.7. The highest BCUT2D eigenvalue weighted by atomic mass is 19.4. The molecule has 2 aromatic carbocycles. The van der Waals surface area contributed by atoms with Gasteiger partial charge in [-0.3, -0.25) is 14.7 Å². The molecule has 1 heterocycles. The van der Waals surface area contributed by atoms with Crippen molar-refractivity contribution in [3.8, 4) is 22.9 Å². The van der Waals surface area contributed by atoms with Crippen molar-refractivity contribution in [2.45, 2.75) is 58.0 Å². The van der Waals surface area contributed by atoms with E-state index in [1.165, 1.54) is 16.8 Å². The van der Waals surface area contributed by atoms with Gasteiger partial charge in [0.25, 0.3) is 5.56 Å². The van der Waals surface area contributed by atoms with E-state index in [9.17, 15) is 36.4 Å². The molecule has 0 saturated heterocycles. The molecule has 0 bridgehead atoms. The molecule has 0 saturated carbocycles. The van der Waals surface area contributed by atoms with Crippen molar-refractivity contribution in [2.75, 3.05) is 0 Å². The van der Waals surface area contributed by atoms with E-state index in [0.717, 1.165) is 6.42 Å². The van der Waals surface area contributed by atoms with E-state index in [0.29, 0.717) is 40.9 Å². The summed E-state index contributed by atoms with van der Waals surface area (Å²) in [5, 5.41) is 11.1. The molecule has 4 nitrogen and oxygen atoms in total. The number of aromatic nitrogens is 1. The summed E-state index contributed by atoms with van der Waals surface area (Å²) < 4.78 is 79.9. The second-order valence-electron chi connectivity index (χ2n) is 8.61. The predicted molar refractivity (Wildman–Crippen MR) is 128 cm³/mol. The highest BCUT2D eigenvalue weighted by molar-refractivity contribution is 5.77. The average Bonchev–Trinajstić information content (AvgIpc) is 2.83. The molecule has 0 fully saturated rings. The van der Waals surface area contributed by atoms with Crippen molar-refractivity contribution in [3.05, 3.63) is 87.3 Å². The number of nitriles is 1. The van der Waals surface area contributed by atoms with Crippen LogP contribution in [0.2, 0.25) is 0 Å². The summed E-state index contributed by atoms with van der Waals surface area (Å²) in [6.07, 6.45) is -9.20. The summed E-state index contributed by atoms with van der Waals surface area (Å²) in [6, 6.07) is 13.4. The second kappa shape index (κ2) is 11.2. The minimum atomic E-state index is -5.58. The van der Waals surface area contributed by atoms with Crippen molar-refractivity contribution in [3.63, 3.8) is 0 Å². The van der Waals surface area contributed by atoms with Crippen molar-refractivity contribution >= 4 is 0 Å². The highest BCUT2D eigenvalue weighted by Crippen LogP contribution is 2.34. The Morgan fingerprint density at radius 2 is 1.57 bits per heavy atom. The number of hydrogen-bond acceptors (Lipinski definition) is 3. The lowest BCUT2D eigenvalue weighted by atomic mass is 9.97. The van der Waals surface area contributed by atoms with E-state index in [1.807, 2.05) is 6.92 Å². The lowest BCUT2D eigenvalue weighted by Gasteiger charge is -2.25. The van der Waals surface area contributed by atoms with Crippen LogP contribution in [0, 0.1) is 18.3 Å². The van der Waals surface area contributed by atoms with Crippen LogP contribution in [0.1, 0.15) is 42.1 Å². The minimum Gasteiger partial charge on any atom is -0.294 e. The maximum atomic E-state index is 13.7. The standard InChI is InChI=1S/C27H25F6N3O/c1-3-4-10-19-14-17(2)22(16-35-25(26(28,29)30)27(31,32)33)24(37)36(19)23-13-8-7-12-21(23)20-11-6-5-9-18(20)15-34/h5-9,11-14,25,35H,3-4,10,16H2,1-2H3. The van der Waals surface area contributed by atoms with Gasteiger partial charge < -0.3 is 0 Å². The van der Waals surface area contributed by atoms with Crippen LogP contribution in [-0.2, 0) is 13.0 Å². The summed E-state index contributed by atoms with van der Waals surface area (Å²) in [7, 11) is 0. The first kappa shape index (κ1) is 28.0. The number of hydrogen-bond donors (Lipinski definition) is 1. The van der Waals surface area contributed by atoms with Crippen LogP contribution in [0.4, 0.5) is 26.3 Å². The van der Waals surface area contributed by atoms with E-state index < -0.39 is 30.5 Å². The van der Waals surface area contributed by atoms with Crippen LogP contribution in [-0.4, -0.2) is 23.0 Å². The van der Waals surface area contributed by atoms with Crippen molar-refractivity contribution < 1.29 is 26.3 Å². The third-order valence-electron chi connectivity index (χ3n) is 6.01. The Morgan fingerprint density at radius 1 is 0.973 bits per heavy atom. The van der Waals surface area contributed by atoms with E-state index in [4.69, 9.17) is 0 Å². The van der Waals surface area contributed by atoms with E-state index >= 15 is 0 Å². The van der Waals surface area contributed by atoms with Gasteiger partial charge in [-0.2, -0.15) is 31.6 Å². The van der Waals surface area contributed by atoms with Crippen LogP contribution in [0.15, 0.2) is 59.4 Å². The van der Waals surface area contributed by atoms with E-state index in [1.54, 1.807) is 54.6 Å². The zero-order chi connectivity index (χ0) is 27.4. The fourth-order valence-corrected chi connectivity index (χ4v) is 4.19. The van der Waals surface area contributed by atoms with Gasteiger partial charge in [-0.1, -0.05) is 49.7 Å². The Balaban J connectivity index is 2.22. The number of unbranched alkanes of at least 4 members (excludes halogenated alkanes) is 1. The quantitative estimate of drug-likeness (QED) is 0.340. The molecule has 0 aliphatic rings. The van der Waals surface area contributed by atoms with Gasteiger partial charge in [0.05, 0.1) is 17.3 Å². The molecule has 0 unspecified atom stereocenters. The van der Waals surface area contributed by atoms with Gasteiger partial charge in [-0.15, -0.1) is 0 Å². The number of nitrogens with zero attached hydrogens (tertiary/aromatic N) is 2. The molecule has 1 N–H and O–H groups in total. The Kier molecular flexibility index (Phi) is 8.49. The Morgan fingerprint density at radius 3 is 2.16 bits per heavy atom. The molecule has 37 heavy (non-hydrogen) atoms. The third kappa shape index (κ3) is 6.23. The normalized spacial score (nSPS) is 12.1. The molecule has 0 spiro atoms. The number of halogens is 6. The van der Waals surface area contributed by atoms with Crippen molar-refractivity contribution in [2.24, 2.45) is 0 Å². The average molecular weight is 522 g/mol. The minimum absolute atomic E-state index is 0.206. The van der Waals surface area contributed by atoms with Crippen LogP contribution < -0.4 is 10.9 Å². The highest BCUT2D eigenvalue weighted by Gasteiger charge is 2.56. The summed E-state index contributed by atoms with van der Waals surface area (Å²) in [4.78, 5) is 13.7. The zero-order valence-electron chi connectivity index (χ0n) is 20.2. The first-order valence-corrected chi connectivity index (χ1v) is 11.6. The molecular formula is C27H25F6N3O. The number of rotatable bonds is 8. The summed E-state index contributed by atoms with van der Waals surface area (Å²) in [6.45, 7) is 2.52. The van der Waals surface area contributed by atoms with E-state index in [2.05, 4.69) is 6.07 Å². The molecule has 1 aromatic heterocycles. The third-order valence-corrected chi connectivity index (χ3v) is 6.01. The van der Waals surface area contributed by atoms with Gasteiger partial charge in [0, 0.05) is 28.9 Å². The van der Waals surface area contributed by atoms with E-state index in [-0.39, 0.29) is 11.1 Å². The number of pyridine rings is 1. The summed E-state index contributed by atoms with van der Waals surface area (Å²) in [5.74, 6) is 0. The number of para-hydroxylation sites is 1. The topological polar surface area (TPSA) is 57.8 Å². The SMILES string of the molecule is CCCCc1cc(C)c(CNC(C(F)(F)F)C(F)(F)F)c(=O)n1-c1ccccc1-c1ccccc1C#N. The molecule has 0 amide bonds. The Bertz CT molecular complexity index is 1340. The van der Waals surface area contributed by atoms with Crippen LogP contribution >= 0.6 is 0 Å². The van der Waals surface area contributed by atoms with Gasteiger partial charge in [0.1, 0.15) is 0 Å². The molecule has 0 aliphatic carbocycles. The molecule has 0 atom stereocenters. The first-order valence-electron chi connectivity index (χ1n) is 11.6. The van der Waals surface area contributed by atoms with Crippen molar-refractivity contribution in [1.29, 1.82) is 5.26 Å². The Hall–Kier alpha value is -3.58. The van der Waals surface area contributed by atoms with Crippen LogP contribution in [0.3, 0.4) is 0 Å². The largest absolute Gasteiger partial charge is 0.412 e. The number of benzene rings is 2. The molecule has 196 valence electrons. The van der Waals surface area contributed by atoms with Gasteiger partial charge in [0.15, 0.2) is 0 Å². The molecule has 3 aromatic rings. The molecule has 0 aliphatic heterocycles. The van der Waals surface area contributed by atoms with Crippen molar-refractivity contribution in [1.82, 2.24) is 9.88 Å².